The number of rotatable bonds is 15. The fraction of sp³-hybridized carbons (Fsp3) is 0.640. The van der Waals surface area contributed by atoms with Gasteiger partial charge in [0.05, 0.1) is 13.2 Å². The van der Waals surface area contributed by atoms with Crippen LogP contribution >= 0.6 is 19.4 Å². The standard InChI is InChI=1S/C50H78ClN6O15P/c1-13-30(5)42-45(60)54-35(10)49(64)72-43(31(6)14-2)33(8)39(71-50(65)52-24-16-15-17-25-69-73(66,67)68)23-18-32(7)48(63)70-40(26-29(3)4)44(59)53-34(9)46(61)57(12)38(27-36-19-21-37(51)22-20-36)47(62)56(11)28-41(58)55-42/h14,18-22,29-30,33-35,38-40,42-43H,13,15-17,23-28H2,1-12H3,(H,52,65)(H,53,59)(H,54,60)(H,55,58)(H2,66,67,68)/b31-14+,32-18-/t30-,33+,34+,35-,38-,39+,40+,42+,43-/m1/s1. The number of amides is 6. The van der Waals surface area contributed by atoms with Crippen LogP contribution in [0.3, 0.4) is 0 Å². The Bertz CT molecular complexity index is 2170. The number of hydrogen-bond acceptors (Lipinski definition) is 13. The van der Waals surface area contributed by atoms with E-state index in [9.17, 15) is 42.9 Å². The highest BCUT2D eigenvalue weighted by Crippen LogP contribution is 2.35. The molecular weight excluding hydrogens is 991 g/mol. The van der Waals surface area contributed by atoms with Crippen molar-refractivity contribution in [2.45, 2.75) is 157 Å². The normalized spacial score (nSPS) is 25.7. The predicted octanol–water partition coefficient (Wildman–Crippen LogP) is 4.90. The fourth-order valence-electron chi connectivity index (χ4n) is 7.66. The molecule has 1 heterocycles. The molecule has 1 aliphatic rings. The van der Waals surface area contributed by atoms with E-state index in [2.05, 4.69) is 25.8 Å². The quantitative estimate of drug-likeness (QED) is 0.0448. The fourth-order valence-corrected chi connectivity index (χ4v) is 8.15. The summed E-state index contributed by atoms with van der Waals surface area (Å²) in [6.45, 7) is 16.0. The Morgan fingerprint density at radius 1 is 0.932 bits per heavy atom. The molecule has 73 heavy (non-hydrogen) atoms. The zero-order valence-corrected chi connectivity index (χ0v) is 45.9. The van der Waals surface area contributed by atoms with Gasteiger partial charge in [0.25, 0.3) is 5.91 Å². The van der Waals surface area contributed by atoms with Crippen molar-refractivity contribution in [1.29, 1.82) is 0 Å². The minimum atomic E-state index is -4.61. The van der Waals surface area contributed by atoms with Gasteiger partial charge in [0, 0.05) is 50.0 Å². The zero-order chi connectivity index (χ0) is 55.3. The van der Waals surface area contributed by atoms with Crippen LogP contribution in [0.2, 0.25) is 5.02 Å². The minimum absolute atomic E-state index is 0.0122. The molecule has 1 aromatic carbocycles. The maximum absolute atomic E-state index is 14.3. The first kappa shape index (κ1) is 63.8. The Hall–Kier alpha value is -5.34. The number of likely N-dealkylation sites (N-methyl/N-ethyl adjacent to an activating group) is 2. The van der Waals surface area contributed by atoms with E-state index in [-0.39, 0.29) is 43.9 Å². The van der Waals surface area contributed by atoms with Crippen LogP contribution < -0.4 is 21.3 Å². The number of hydrogen-bond donors (Lipinski definition) is 6. The molecule has 0 saturated heterocycles. The van der Waals surface area contributed by atoms with Crippen molar-refractivity contribution >= 4 is 67.0 Å². The Labute approximate surface area is 434 Å². The lowest BCUT2D eigenvalue weighted by Crippen LogP contribution is -2.57. The molecule has 0 saturated carbocycles. The van der Waals surface area contributed by atoms with E-state index in [0.717, 1.165) is 4.90 Å². The molecule has 1 aromatic rings. The molecule has 0 radical (unpaired) electrons. The number of nitrogens with one attached hydrogen (secondary N) is 4. The van der Waals surface area contributed by atoms with Gasteiger partial charge in [0.1, 0.15) is 36.4 Å². The van der Waals surface area contributed by atoms with Crippen LogP contribution in [-0.2, 0) is 63.3 Å². The van der Waals surface area contributed by atoms with Crippen LogP contribution in [0, 0.1) is 17.8 Å². The number of alkyl carbamates (subject to hydrolysis) is 1. The summed E-state index contributed by atoms with van der Waals surface area (Å²) < 4.78 is 33.2. The molecule has 410 valence electrons. The number of benzene rings is 1. The SMILES string of the molecule is C/C=C(\C)[C@H]1OC(=O)[C@@H](C)NC(=O)[C@H]([C@H](C)CC)NC(=O)CN(C)C(=O)[C@@H](Cc2ccc(Cl)cc2)N(C)C(=O)[C@H](C)NC(=O)[C@H](CC(C)C)OC(=O)/C(C)=C\C[C@H](OC(=O)NCCCCCOP(=O)(O)O)[C@@H]1C. The Kier molecular flexibility index (Phi) is 26.9. The molecule has 21 nitrogen and oxygen atoms in total. The number of halogens is 1. The van der Waals surface area contributed by atoms with Gasteiger partial charge in [-0.3, -0.25) is 28.5 Å². The second-order valence-corrected chi connectivity index (χ2v) is 20.7. The van der Waals surface area contributed by atoms with E-state index in [4.69, 9.17) is 35.6 Å². The average molecular weight is 1070 g/mol. The van der Waals surface area contributed by atoms with Gasteiger partial charge in [-0.1, -0.05) is 76.9 Å². The molecule has 1 aliphatic heterocycles. The number of cyclic esters (lactones) is 2. The van der Waals surface area contributed by atoms with E-state index < -0.39 is 116 Å². The van der Waals surface area contributed by atoms with Crippen LogP contribution in [0.1, 0.15) is 113 Å². The first-order valence-electron chi connectivity index (χ1n) is 24.6. The summed E-state index contributed by atoms with van der Waals surface area (Å²) in [6, 6.07) is 1.77. The maximum atomic E-state index is 14.3. The van der Waals surface area contributed by atoms with Gasteiger partial charge in [-0.25, -0.2) is 18.9 Å². The number of esters is 2. The summed E-state index contributed by atoms with van der Waals surface area (Å²) in [5.41, 5.74) is 1.22. The number of nitrogens with zero attached hydrogens (tertiary/aromatic N) is 2. The number of phosphoric acid groups is 1. The molecule has 0 aromatic heterocycles. The van der Waals surface area contributed by atoms with Gasteiger partial charge >= 0.3 is 25.9 Å². The molecule has 9 atom stereocenters. The number of carbonyl (C=O) groups excluding carboxylic acids is 8. The highest BCUT2D eigenvalue weighted by molar-refractivity contribution is 7.46. The molecule has 2 rings (SSSR count). The van der Waals surface area contributed by atoms with E-state index in [1.807, 2.05) is 20.8 Å². The van der Waals surface area contributed by atoms with E-state index >= 15 is 0 Å². The van der Waals surface area contributed by atoms with Crippen molar-refractivity contribution in [2.24, 2.45) is 17.8 Å². The van der Waals surface area contributed by atoms with Gasteiger partial charge in [0.2, 0.25) is 23.6 Å². The van der Waals surface area contributed by atoms with Crippen molar-refractivity contribution < 1.29 is 71.4 Å². The second-order valence-electron chi connectivity index (χ2n) is 19.0. The summed E-state index contributed by atoms with van der Waals surface area (Å²) in [4.78, 5) is 131. The highest BCUT2D eigenvalue weighted by atomic mass is 35.5. The van der Waals surface area contributed by atoms with Crippen LogP contribution in [0.25, 0.3) is 0 Å². The number of allylic oxidation sites excluding steroid dienone is 1. The van der Waals surface area contributed by atoms with Crippen LogP contribution in [0.15, 0.2) is 47.6 Å². The van der Waals surface area contributed by atoms with Gasteiger partial charge in [0.15, 0.2) is 6.10 Å². The number of carbonyl (C=O) groups is 8. The number of phosphoric ester groups is 1. The van der Waals surface area contributed by atoms with Crippen LogP contribution in [0.5, 0.6) is 0 Å². The molecule has 0 fully saturated rings. The lowest BCUT2D eigenvalue weighted by atomic mass is 9.90. The van der Waals surface area contributed by atoms with Crippen LogP contribution in [0.4, 0.5) is 4.79 Å². The molecule has 6 amide bonds. The lowest BCUT2D eigenvalue weighted by Gasteiger charge is -2.33. The lowest BCUT2D eigenvalue weighted by molar-refractivity contribution is -0.155. The third-order valence-corrected chi connectivity index (χ3v) is 13.2. The Balaban J connectivity index is 2.67. The predicted molar refractivity (Wildman–Crippen MR) is 272 cm³/mol. The molecule has 23 heteroatoms. The van der Waals surface area contributed by atoms with Gasteiger partial charge in [-0.05, 0) is 95.4 Å². The number of unbranched alkanes of at least 4 members (excludes halogenated alkanes) is 2. The summed E-state index contributed by atoms with van der Waals surface area (Å²) in [6.07, 6.45) is 0.351. The van der Waals surface area contributed by atoms with Crippen LogP contribution in [-0.4, -0.2) is 143 Å². The largest absolute Gasteiger partial charge is 0.469 e. The molecule has 6 N–H and O–H groups in total. The van der Waals surface area contributed by atoms with Gasteiger partial charge in [-0.2, -0.15) is 0 Å². The first-order valence-corrected chi connectivity index (χ1v) is 26.5. The summed E-state index contributed by atoms with van der Waals surface area (Å²) in [5.74, 6) is -6.64. The van der Waals surface area contributed by atoms with Gasteiger partial charge in [-0.15, -0.1) is 0 Å². The summed E-state index contributed by atoms with van der Waals surface area (Å²) in [5, 5.41) is 11.1. The third kappa shape index (κ3) is 22.0. The highest BCUT2D eigenvalue weighted by Gasteiger charge is 2.38. The molecular formula is C50H78ClN6O15P. The number of ether oxygens (including phenoxy) is 3. The third-order valence-electron chi connectivity index (χ3n) is 12.5. The van der Waals surface area contributed by atoms with Crippen molar-refractivity contribution in [2.75, 3.05) is 33.8 Å². The van der Waals surface area contributed by atoms with Gasteiger partial charge < -0.3 is 55.1 Å². The average Bonchev–Trinajstić information content (AvgIpc) is 3.32. The topological polar surface area (TPSA) is 286 Å². The van der Waals surface area contributed by atoms with Crippen molar-refractivity contribution in [3.05, 3.63) is 58.1 Å². The molecule has 0 spiro atoms. The first-order chi connectivity index (χ1) is 34.1. The zero-order valence-electron chi connectivity index (χ0n) is 44.2. The second kappa shape index (κ2) is 30.8. The summed E-state index contributed by atoms with van der Waals surface area (Å²) in [7, 11) is -1.85. The van der Waals surface area contributed by atoms with Crippen molar-refractivity contribution in [3.8, 4) is 0 Å². The summed E-state index contributed by atoms with van der Waals surface area (Å²) >= 11 is 6.14. The van der Waals surface area contributed by atoms with E-state index in [1.165, 1.54) is 45.8 Å². The smallest absolute Gasteiger partial charge is 0.456 e. The molecule has 0 aliphatic carbocycles. The van der Waals surface area contributed by atoms with Crippen molar-refractivity contribution in [1.82, 2.24) is 31.1 Å². The van der Waals surface area contributed by atoms with E-state index in [0.29, 0.717) is 41.8 Å². The molecule has 0 unspecified atom stereocenters. The Morgan fingerprint density at radius 3 is 2.15 bits per heavy atom. The molecule has 0 bridgehead atoms. The van der Waals surface area contributed by atoms with Crippen molar-refractivity contribution in [3.63, 3.8) is 0 Å². The minimum Gasteiger partial charge on any atom is -0.456 e. The van der Waals surface area contributed by atoms with E-state index in [1.54, 1.807) is 58.0 Å². The monoisotopic (exact) mass is 1070 g/mol. The Morgan fingerprint density at radius 2 is 1.56 bits per heavy atom. The maximum Gasteiger partial charge on any atom is 0.469 e.